The number of nitrogens with zero attached hydrogens (tertiary/aromatic N) is 1. The second-order valence-corrected chi connectivity index (χ2v) is 3.91. The molecule has 0 fully saturated rings. The fourth-order valence-corrected chi connectivity index (χ4v) is 1.46. The average Bonchev–Trinajstić information content (AvgIpc) is 2.26. The largest absolute Gasteiger partial charge is 0.329 e. The highest BCUT2D eigenvalue weighted by Gasteiger charge is 1.97. The first-order valence-electron chi connectivity index (χ1n) is 6.11. The topological polar surface area (TPSA) is 29.3 Å². The van der Waals surface area contributed by atoms with E-state index in [1.54, 1.807) is 0 Å². The molecule has 2 nitrogen and oxygen atoms in total. The molecule has 0 aliphatic heterocycles. The van der Waals surface area contributed by atoms with E-state index >= 15 is 0 Å². The van der Waals surface area contributed by atoms with Crippen molar-refractivity contribution in [1.29, 1.82) is 0 Å². The summed E-state index contributed by atoms with van der Waals surface area (Å²) in [7, 11) is 2.12. The predicted molar refractivity (Wildman–Crippen MR) is 80.2 cm³/mol. The van der Waals surface area contributed by atoms with Crippen molar-refractivity contribution in [2.45, 2.75) is 34.1 Å². The van der Waals surface area contributed by atoms with Gasteiger partial charge in [0, 0.05) is 19.6 Å². The van der Waals surface area contributed by atoms with Crippen molar-refractivity contribution in [3.63, 3.8) is 0 Å². The van der Waals surface area contributed by atoms with Gasteiger partial charge in [0.15, 0.2) is 0 Å². The zero-order valence-electron chi connectivity index (χ0n) is 10.9. The molecule has 0 aliphatic carbocycles. The molecule has 0 atom stereocenters. The monoisotopic (exact) mass is 238 g/mol. The molecular formula is C15H30N2. The van der Waals surface area contributed by atoms with Crippen molar-refractivity contribution in [2.24, 2.45) is 5.73 Å². The Morgan fingerprint density at radius 3 is 2.47 bits per heavy atom. The summed E-state index contributed by atoms with van der Waals surface area (Å²) >= 11 is 0. The minimum absolute atomic E-state index is 0. The summed E-state index contributed by atoms with van der Waals surface area (Å²) in [5, 5.41) is 0. The van der Waals surface area contributed by atoms with Crippen LogP contribution in [0, 0.1) is 0 Å². The molecule has 0 radical (unpaired) electrons. The van der Waals surface area contributed by atoms with Crippen LogP contribution < -0.4 is 5.73 Å². The van der Waals surface area contributed by atoms with Crippen LogP contribution in [0.25, 0.3) is 0 Å². The quantitative estimate of drug-likeness (QED) is 0.657. The highest BCUT2D eigenvalue weighted by Crippen LogP contribution is 2.06. The zero-order valence-corrected chi connectivity index (χ0v) is 10.9. The summed E-state index contributed by atoms with van der Waals surface area (Å²) in [6.45, 7) is 6.98. The number of nitrogens with two attached hydrogens (primary N) is 1. The van der Waals surface area contributed by atoms with Crippen molar-refractivity contribution < 1.29 is 0 Å². The van der Waals surface area contributed by atoms with E-state index in [9.17, 15) is 0 Å². The van der Waals surface area contributed by atoms with Gasteiger partial charge in [-0.25, -0.2) is 0 Å². The van der Waals surface area contributed by atoms with Gasteiger partial charge in [0.05, 0.1) is 0 Å². The maximum atomic E-state index is 5.51. The van der Waals surface area contributed by atoms with Gasteiger partial charge >= 0.3 is 0 Å². The molecule has 0 aromatic heterocycles. The van der Waals surface area contributed by atoms with Crippen molar-refractivity contribution in [2.75, 3.05) is 26.7 Å². The normalized spacial score (nSPS) is 12.6. The van der Waals surface area contributed by atoms with Gasteiger partial charge in [0.2, 0.25) is 0 Å². The SMILES string of the molecule is C.C\C=C/C=C\C(=C/CC)CCN(C)CCN. The third kappa shape index (κ3) is 11.4. The van der Waals surface area contributed by atoms with Gasteiger partial charge in [0.1, 0.15) is 0 Å². The van der Waals surface area contributed by atoms with E-state index in [4.69, 9.17) is 5.73 Å². The first-order valence-corrected chi connectivity index (χ1v) is 6.11. The van der Waals surface area contributed by atoms with Crippen LogP contribution in [0.4, 0.5) is 0 Å². The molecular weight excluding hydrogens is 208 g/mol. The predicted octanol–water partition coefficient (Wildman–Crippen LogP) is 3.37. The third-order valence-electron chi connectivity index (χ3n) is 2.37. The molecule has 0 heterocycles. The molecule has 0 amide bonds. The van der Waals surface area contributed by atoms with Crippen LogP contribution in [-0.4, -0.2) is 31.6 Å². The fraction of sp³-hybridized carbons (Fsp3) is 0.600. The zero-order chi connectivity index (χ0) is 12.2. The molecule has 0 aliphatic rings. The van der Waals surface area contributed by atoms with Crippen LogP contribution in [-0.2, 0) is 0 Å². The Morgan fingerprint density at radius 2 is 1.94 bits per heavy atom. The van der Waals surface area contributed by atoms with E-state index in [0.717, 1.165) is 32.5 Å². The third-order valence-corrected chi connectivity index (χ3v) is 2.37. The standard InChI is InChI=1S/C14H26N2.CH4/c1-4-6-7-9-14(8-5-2)10-12-16(3)13-11-15;/h4,6-9H,5,10-13,15H2,1-3H3;1H4/b6-4-,9-7-,14-8+;. The van der Waals surface area contributed by atoms with E-state index in [1.165, 1.54) is 5.57 Å². The number of hydrogen-bond acceptors (Lipinski definition) is 2. The average molecular weight is 238 g/mol. The summed E-state index contributed by atoms with van der Waals surface area (Å²) in [6, 6.07) is 0. The summed E-state index contributed by atoms with van der Waals surface area (Å²) in [4.78, 5) is 2.27. The number of allylic oxidation sites excluding steroid dienone is 5. The molecule has 0 rings (SSSR count). The van der Waals surface area contributed by atoms with E-state index in [1.807, 2.05) is 13.0 Å². The van der Waals surface area contributed by atoms with Crippen molar-refractivity contribution >= 4 is 0 Å². The van der Waals surface area contributed by atoms with Gasteiger partial charge < -0.3 is 10.6 Å². The summed E-state index contributed by atoms with van der Waals surface area (Å²) in [5.41, 5.74) is 6.92. The summed E-state index contributed by atoms with van der Waals surface area (Å²) in [5.74, 6) is 0. The lowest BCUT2D eigenvalue weighted by Gasteiger charge is -2.15. The lowest BCUT2D eigenvalue weighted by molar-refractivity contribution is 0.348. The molecule has 0 aromatic carbocycles. The van der Waals surface area contributed by atoms with Gasteiger partial charge in [-0.2, -0.15) is 0 Å². The Morgan fingerprint density at radius 1 is 1.24 bits per heavy atom. The van der Waals surface area contributed by atoms with Crippen molar-refractivity contribution in [3.8, 4) is 0 Å². The van der Waals surface area contributed by atoms with Gasteiger partial charge in [0.25, 0.3) is 0 Å². The maximum absolute atomic E-state index is 5.51. The lowest BCUT2D eigenvalue weighted by atomic mass is 10.1. The van der Waals surface area contributed by atoms with Crippen LogP contribution in [0.3, 0.4) is 0 Å². The highest BCUT2D eigenvalue weighted by molar-refractivity contribution is 5.22. The van der Waals surface area contributed by atoms with Gasteiger partial charge in [-0.05, 0) is 26.8 Å². The Balaban J connectivity index is 0. The Labute approximate surface area is 108 Å². The van der Waals surface area contributed by atoms with Crippen molar-refractivity contribution in [1.82, 2.24) is 4.90 Å². The minimum Gasteiger partial charge on any atom is -0.329 e. The number of likely N-dealkylation sites (N-methyl/N-ethyl adjacent to an activating group) is 1. The molecule has 2 N–H and O–H groups in total. The number of rotatable bonds is 8. The summed E-state index contributed by atoms with van der Waals surface area (Å²) < 4.78 is 0. The smallest absolute Gasteiger partial charge is 0.0102 e. The maximum Gasteiger partial charge on any atom is 0.0102 e. The molecule has 17 heavy (non-hydrogen) atoms. The first kappa shape index (κ1) is 18.5. The molecule has 0 bridgehead atoms. The Hall–Kier alpha value is -0.860. The number of hydrogen-bond donors (Lipinski definition) is 1. The van der Waals surface area contributed by atoms with E-state index in [-0.39, 0.29) is 7.43 Å². The molecule has 0 spiro atoms. The second kappa shape index (κ2) is 13.2. The molecule has 2 heteroatoms. The second-order valence-electron chi connectivity index (χ2n) is 3.91. The Kier molecular flexibility index (Phi) is 14.4. The van der Waals surface area contributed by atoms with Crippen LogP contribution in [0.2, 0.25) is 0 Å². The first-order chi connectivity index (χ1) is 7.74. The van der Waals surface area contributed by atoms with Crippen LogP contribution in [0.5, 0.6) is 0 Å². The minimum atomic E-state index is 0. The molecule has 100 valence electrons. The van der Waals surface area contributed by atoms with Crippen LogP contribution in [0.15, 0.2) is 36.0 Å². The van der Waals surface area contributed by atoms with Gasteiger partial charge in [-0.1, -0.05) is 50.3 Å². The Bertz CT molecular complexity index is 239. The molecule has 0 saturated heterocycles. The van der Waals surface area contributed by atoms with Crippen molar-refractivity contribution in [3.05, 3.63) is 36.0 Å². The van der Waals surface area contributed by atoms with E-state index in [2.05, 4.69) is 43.2 Å². The lowest BCUT2D eigenvalue weighted by Crippen LogP contribution is -2.26. The van der Waals surface area contributed by atoms with E-state index < -0.39 is 0 Å². The van der Waals surface area contributed by atoms with Gasteiger partial charge in [-0.15, -0.1) is 0 Å². The fourth-order valence-electron chi connectivity index (χ4n) is 1.46. The molecule has 0 aromatic rings. The summed E-state index contributed by atoms with van der Waals surface area (Å²) in [6.07, 6.45) is 12.9. The van der Waals surface area contributed by atoms with Crippen LogP contribution in [0.1, 0.15) is 34.1 Å². The molecule has 0 saturated carbocycles. The highest BCUT2D eigenvalue weighted by atomic mass is 15.1. The molecule has 0 unspecified atom stereocenters. The van der Waals surface area contributed by atoms with Crippen LogP contribution >= 0.6 is 0 Å². The van der Waals surface area contributed by atoms with E-state index in [0.29, 0.717) is 0 Å². The van der Waals surface area contributed by atoms with Gasteiger partial charge in [-0.3, -0.25) is 0 Å².